The lowest BCUT2D eigenvalue weighted by molar-refractivity contribution is -0.136. The summed E-state index contributed by atoms with van der Waals surface area (Å²) in [5, 5.41) is 3.38. The zero-order valence-electron chi connectivity index (χ0n) is 17.8. The maximum atomic E-state index is 12.8. The molecule has 28 heavy (non-hydrogen) atoms. The Hall–Kier alpha value is -1.10. The Bertz CT molecular complexity index is 535. The second-order valence-electron chi connectivity index (χ2n) is 7.66. The minimum absolute atomic E-state index is 0. The van der Waals surface area contributed by atoms with Crippen LogP contribution < -0.4 is 5.32 Å². The van der Waals surface area contributed by atoms with E-state index in [0.29, 0.717) is 13.1 Å². The van der Waals surface area contributed by atoms with Gasteiger partial charge in [-0.3, -0.25) is 14.5 Å². The lowest BCUT2D eigenvalue weighted by Crippen LogP contribution is -2.56. The summed E-state index contributed by atoms with van der Waals surface area (Å²) in [6.45, 7) is 7.06. The first kappa shape index (κ1) is 24.9. The molecular weight excluding hydrogens is 471 g/mol. The number of hydrogen-bond acceptors (Lipinski definition) is 4. The smallest absolute Gasteiger partial charge is 0.243 e. The molecule has 1 atom stereocenters. The lowest BCUT2D eigenvalue weighted by Gasteiger charge is -2.38. The van der Waals surface area contributed by atoms with Crippen LogP contribution in [0.1, 0.15) is 32.6 Å². The van der Waals surface area contributed by atoms with Crippen molar-refractivity contribution in [3.05, 3.63) is 0 Å². The molecule has 9 heteroatoms. The van der Waals surface area contributed by atoms with Crippen LogP contribution in [0.15, 0.2) is 4.99 Å². The highest BCUT2D eigenvalue weighted by molar-refractivity contribution is 14.0. The Kier molecular flexibility index (Phi) is 11.1. The minimum Gasteiger partial charge on any atom is -0.356 e. The number of carbonyl (C=O) groups excluding carboxylic acids is 2. The number of aliphatic imine (C=N–C) groups is 1. The maximum absolute atomic E-state index is 12.8. The zero-order valence-corrected chi connectivity index (χ0v) is 20.1. The molecule has 162 valence electrons. The molecule has 0 aromatic heterocycles. The van der Waals surface area contributed by atoms with Crippen molar-refractivity contribution < 1.29 is 9.59 Å². The van der Waals surface area contributed by atoms with Crippen molar-refractivity contribution in [2.45, 2.75) is 38.6 Å². The summed E-state index contributed by atoms with van der Waals surface area (Å²) in [6, 6.07) is 0.0464. The zero-order chi connectivity index (χ0) is 19.8. The van der Waals surface area contributed by atoms with Crippen LogP contribution >= 0.6 is 24.0 Å². The fourth-order valence-electron chi connectivity index (χ4n) is 3.50. The Morgan fingerprint density at radius 1 is 1.11 bits per heavy atom. The third-order valence-electron chi connectivity index (χ3n) is 5.37. The molecular formula is C19H37IN6O2. The van der Waals surface area contributed by atoms with Crippen molar-refractivity contribution in [3.8, 4) is 0 Å². The molecule has 0 aliphatic carbocycles. The van der Waals surface area contributed by atoms with Gasteiger partial charge < -0.3 is 20.0 Å². The van der Waals surface area contributed by atoms with Crippen LogP contribution in [-0.2, 0) is 9.59 Å². The third-order valence-corrected chi connectivity index (χ3v) is 5.37. The SMILES string of the molecule is CCCCNC(=NCC(=O)N(C)C)N1CCN(C(=O)C2CCCN2C)CC1.I. The number of guanidine groups is 1. The van der Waals surface area contributed by atoms with Crippen LogP contribution in [0.3, 0.4) is 0 Å². The molecule has 2 aliphatic rings. The van der Waals surface area contributed by atoms with Crippen LogP contribution in [-0.4, -0.2) is 110 Å². The molecule has 1 unspecified atom stereocenters. The highest BCUT2D eigenvalue weighted by atomic mass is 127. The number of nitrogens with zero attached hydrogens (tertiary/aromatic N) is 5. The molecule has 0 bridgehead atoms. The van der Waals surface area contributed by atoms with Crippen molar-refractivity contribution in [2.24, 2.45) is 4.99 Å². The number of amides is 2. The van der Waals surface area contributed by atoms with E-state index in [9.17, 15) is 9.59 Å². The number of nitrogens with one attached hydrogen (secondary N) is 1. The summed E-state index contributed by atoms with van der Waals surface area (Å²) < 4.78 is 0. The Morgan fingerprint density at radius 2 is 1.75 bits per heavy atom. The molecule has 0 spiro atoms. The maximum Gasteiger partial charge on any atom is 0.243 e. The molecule has 2 saturated heterocycles. The van der Waals surface area contributed by atoms with E-state index in [4.69, 9.17) is 0 Å². The van der Waals surface area contributed by atoms with E-state index in [-0.39, 0.29) is 48.4 Å². The summed E-state index contributed by atoms with van der Waals surface area (Å²) >= 11 is 0. The van der Waals surface area contributed by atoms with Crippen molar-refractivity contribution in [2.75, 3.05) is 67.0 Å². The molecule has 1 N–H and O–H groups in total. The van der Waals surface area contributed by atoms with Gasteiger partial charge in [0.1, 0.15) is 6.54 Å². The fraction of sp³-hybridized carbons (Fsp3) is 0.842. The van der Waals surface area contributed by atoms with Crippen molar-refractivity contribution in [1.29, 1.82) is 0 Å². The summed E-state index contributed by atoms with van der Waals surface area (Å²) in [5.74, 6) is 1.03. The number of unbranched alkanes of at least 4 members (excludes halogenated alkanes) is 1. The molecule has 0 aromatic rings. The van der Waals surface area contributed by atoms with Gasteiger partial charge in [-0.05, 0) is 32.9 Å². The van der Waals surface area contributed by atoms with Crippen molar-refractivity contribution >= 4 is 41.8 Å². The van der Waals surface area contributed by atoms with E-state index in [2.05, 4.69) is 27.0 Å². The Balaban J connectivity index is 0.00000392. The van der Waals surface area contributed by atoms with Crippen LogP contribution in [0.5, 0.6) is 0 Å². The number of likely N-dealkylation sites (N-methyl/N-ethyl adjacent to an activating group) is 2. The second kappa shape index (κ2) is 12.5. The third kappa shape index (κ3) is 7.06. The average Bonchev–Trinajstić information content (AvgIpc) is 3.09. The monoisotopic (exact) mass is 508 g/mol. The van der Waals surface area contributed by atoms with Gasteiger partial charge in [-0.1, -0.05) is 13.3 Å². The average molecular weight is 508 g/mol. The normalized spacial score (nSPS) is 20.7. The molecule has 8 nitrogen and oxygen atoms in total. The van der Waals surface area contributed by atoms with Crippen molar-refractivity contribution in [3.63, 3.8) is 0 Å². The van der Waals surface area contributed by atoms with Gasteiger partial charge in [-0.15, -0.1) is 24.0 Å². The molecule has 0 aromatic carbocycles. The van der Waals surface area contributed by atoms with E-state index < -0.39 is 0 Å². The topological polar surface area (TPSA) is 71.5 Å². The number of piperazine rings is 1. The van der Waals surface area contributed by atoms with Gasteiger partial charge in [0, 0.05) is 46.8 Å². The fourth-order valence-corrected chi connectivity index (χ4v) is 3.50. The molecule has 0 radical (unpaired) electrons. The van der Waals surface area contributed by atoms with E-state index in [1.165, 1.54) is 0 Å². The summed E-state index contributed by atoms with van der Waals surface area (Å²) in [4.78, 5) is 37.1. The van der Waals surface area contributed by atoms with Gasteiger partial charge in [-0.2, -0.15) is 0 Å². The number of hydrogen-bond donors (Lipinski definition) is 1. The summed E-state index contributed by atoms with van der Waals surface area (Å²) in [5.41, 5.74) is 0. The Morgan fingerprint density at radius 3 is 2.29 bits per heavy atom. The minimum atomic E-state index is -0.0112. The Labute approximate surface area is 186 Å². The number of rotatable bonds is 6. The van der Waals surface area contributed by atoms with Crippen LogP contribution in [0.4, 0.5) is 0 Å². The van der Waals surface area contributed by atoms with Gasteiger partial charge >= 0.3 is 0 Å². The largest absolute Gasteiger partial charge is 0.356 e. The molecule has 2 heterocycles. The first-order valence-corrected chi connectivity index (χ1v) is 10.2. The predicted octanol–water partition coefficient (Wildman–Crippen LogP) is 0.677. The van der Waals surface area contributed by atoms with E-state index >= 15 is 0 Å². The van der Waals surface area contributed by atoms with Crippen LogP contribution in [0.2, 0.25) is 0 Å². The van der Waals surface area contributed by atoms with Crippen LogP contribution in [0.25, 0.3) is 0 Å². The van der Waals surface area contributed by atoms with E-state index in [1.807, 2.05) is 11.9 Å². The standard InChI is InChI=1S/C19H36N6O2.HI/c1-5-6-9-20-19(21-15-17(26)22(2)3)25-13-11-24(12-14-25)18(27)16-8-7-10-23(16)4;/h16H,5-15H2,1-4H3,(H,20,21);1H. The first-order valence-electron chi connectivity index (χ1n) is 10.2. The second-order valence-corrected chi connectivity index (χ2v) is 7.66. The predicted molar refractivity (Wildman–Crippen MR) is 123 cm³/mol. The lowest BCUT2D eigenvalue weighted by atomic mass is 10.1. The first-order chi connectivity index (χ1) is 12.9. The van der Waals surface area contributed by atoms with Gasteiger partial charge in [0.25, 0.3) is 0 Å². The highest BCUT2D eigenvalue weighted by Crippen LogP contribution is 2.18. The molecule has 2 amide bonds. The molecule has 2 aliphatic heterocycles. The van der Waals surface area contributed by atoms with Gasteiger partial charge in [0.2, 0.25) is 11.8 Å². The summed E-state index contributed by atoms with van der Waals surface area (Å²) in [7, 11) is 5.52. The summed E-state index contributed by atoms with van der Waals surface area (Å²) in [6.07, 6.45) is 4.24. The molecule has 0 saturated carbocycles. The van der Waals surface area contributed by atoms with Gasteiger partial charge in [-0.25, -0.2) is 4.99 Å². The van der Waals surface area contributed by atoms with Crippen LogP contribution in [0, 0.1) is 0 Å². The number of carbonyl (C=O) groups is 2. The molecule has 2 fully saturated rings. The van der Waals surface area contributed by atoms with Gasteiger partial charge in [0.15, 0.2) is 5.96 Å². The number of likely N-dealkylation sites (tertiary alicyclic amines) is 1. The highest BCUT2D eigenvalue weighted by Gasteiger charge is 2.33. The van der Waals surface area contributed by atoms with E-state index in [0.717, 1.165) is 57.8 Å². The van der Waals surface area contributed by atoms with Gasteiger partial charge in [0.05, 0.1) is 6.04 Å². The quantitative estimate of drug-likeness (QED) is 0.247. The van der Waals surface area contributed by atoms with Crippen molar-refractivity contribution in [1.82, 2.24) is 24.9 Å². The molecule has 2 rings (SSSR count). The number of halogens is 1. The van der Waals surface area contributed by atoms with E-state index in [1.54, 1.807) is 19.0 Å².